The molecule has 4 heterocycles. The highest BCUT2D eigenvalue weighted by Crippen LogP contribution is 2.31. The van der Waals surface area contributed by atoms with Gasteiger partial charge in [0, 0.05) is 68.7 Å². The van der Waals surface area contributed by atoms with Gasteiger partial charge in [-0.3, -0.25) is 9.59 Å². The Morgan fingerprint density at radius 1 is 1.09 bits per heavy atom. The smallest absolute Gasteiger partial charge is 0.255 e. The van der Waals surface area contributed by atoms with Crippen molar-refractivity contribution in [2.75, 3.05) is 56.1 Å². The van der Waals surface area contributed by atoms with Crippen LogP contribution in [-0.2, 0) is 16.1 Å². The fourth-order valence-electron chi connectivity index (χ4n) is 4.70. The zero-order valence-electron chi connectivity index (χ0n) is 18.8. The molecule has 0 spiro atoms. The van der Waals surface area contributed by atoms with Crippen LogP contribution in [0.15, 0.2) is 30.5 Å². The number of benzene rings is 1. The van der Waals surface area contributed by atoms with Crippen molar-refractivity contribution in [3.63, 3.8) is 0 Å². The summed E-state index contributed by atoms with van der Waals surface area (Å²) in [6.45, 7) is 4.73. The van der Waals surface area contributed by atoms with Crippen LogP contribution in [0.4, 0.5) is 11.5 Å². The Morgan fingerprint density at radius 2 is 1.88 bits per heavy atom. The monoisotopic (exact) mass is 503 g/mol. The Bertz CT molecular complexity index is 1080. The minimum absolute atomic E-state index is 0.0430. The summed E-state index contributed by atoms with van der Waals surface area (Å²) in [7, 11) is 0. The third-order valence-corrected chi connectivity index (χ3v) is 7.19. The lowest BCUT2D eigenvalue weighted by atomic mass is 10.1. The normalized spacial score (nSPS) is 20.2. The molecule has 2 amide bonds. The van der Waals surface area contributed by atoms with Gasteiger partial charge in [-0.05, 0) is 42.7 Å². The number of anilines is 2. The van der Waals surface area contributed by atoms with E-state index in [4.69, 9.17) is 27.9 Å². The molecule has 2 fully saturated rings. The van der Waals surface area contributed by atoms with Crippen LogP contribution in [0.5, 0.6) is 0 Å². The average Bonchev–Trinajstić information content (AvgIpc) is 3.40. The second-order valence-corrected chi connectivity index (χ2v) is 9.64. The molecule has 1 N–H and O–H groups in total. The number of ether oxygens (including phenoxy) is 1. The van der Waals surface area contributed by atoms with Gasteiger partial charge in [-0.15, -0.1) is 0 Å². The summed E-state index contributed by atoms with van der Waals surface area (Å²) in [6, 6.07) is 7.32. The third-order valence-electron chi connectivity index (χ3n) is 6.58. The molecule has 1 atom stereocenters. The van der Waals surface area contributed by atoms with Crippen molar-refractivity contribution in [3.05, 3.63) is 51.6 Å². The molecule has 3 aliphatic rings. The van der Waals surface area contributed by atoms with E-state index in [0.717, 1.165) is 43.0 Å². The number of carbonyl (C=O) groups excluding carboxylic acids is 2. The first kappa shape index (κ1) is 23.2. The van der Waals surface area contributed by atoms with E-state index in [-0.39, 0.29) is 17.9 Å². The standard InChI is InChI=1S/C24H27Cl2N5O3/c25-18-3-4-19(26)17(12-18)15-31-6-5-27-22-20(31)13-16(14-28-22)23(32)29-7-9-30(10-8-29)24(33)21-2-1-11-34-21/h3-4,12-14,21H,1-2,5-11,15H2,(H,27,28). The summed E-state index contributed by atoms with van der Waals surface area (Å²) >= 11 is 12.6. The molecule has 0 aliphatic carbocycles. The highest BCUT2D eigenvalue weighted by Gasteiger charge is 2.32. The minimum Gasteiger partial charge on any atom is -0.368 e. The molecular weight excluding hydrogens is 477 g/mol. The van der Waals surface area contributed by atoms with Crippen molar-refractivity contribution < 1.29 is 14.3 Å². The molecule has 0 radical (unpaired) electrons. The Balaban J connectivity index is 1.28. The van der Waals surface area contributed by atoms with Gasteiger partial charge in [0.15, 0.2) is 0 Å². The molecule has 1 aromatic carbocycles. The van der Waals surface area contributed by atoms with Gasteiger partial charge in [0.05, 0.1) is 11.3 Å². The molecule has 34 heavy (non-hydrogen) atoms. The molecule has 0 saturated carbocycles. The number of pyridine rings is 1. The fourth-order valence-corrected chi connectivity index (χ4v) is 5.07. The van der Waals surface area contributed by atoms with E-state index in [1.54, 1.807) is 23.2 Å². The maximum absolute atomic E-state index is 13.3. The number of nitrogens with one attached hydrogen (secondary N) is 1. The van der Waals surface area contributed by atoms with E-state index < -0.39 is 0 Å². The second kappa shape index (κ2) is 9.98. The van der Waals surface area contributed by atoms with Crippen LogP contribution in [0.25, 0.3) is 0 Å². The maximum atomic E-state index is 13.3. The number of rotatable bonds is 4. The van der Waals surface area contributed by atoms with E-state index in [2.05, 4.69) is 15.2 Å². The predicted molar refractivity (Wildman–Crippen MR) is 132 cm³/mol. The minimum atomic E-state index is -0.321. The van der Waals surface area contributed by atoms with Gasteiger partial charge in [-0.25, -0.2) is 4.98 Å². The first-order valence-electron chi connectivity index (χ1n) is 11.6. The maximum Gasteiger partial charge on any atom is 0.255 e. The van der Waals surface area contributed by atoms with E-state index >= 15 is 0 Å². The van der Waals surface area contributed by atoms with Crippen LogP contribution in [0, 0.1) is 0 Å². The quantitative estimate of drug-likeness (QED) is 0.689. The largest absolute Gasteiger partial charge is 0.368 e. The number of fused-ring (bicyclic) bond motifs is 1. The molecule has 2 saturated heterocycles. The van der Waals surface area contributed by atoms with Crippen molar-refractivity contribution in [3.8, 4) is 0 Å². The van der Waals surface area contributed by atoms with Gasteiger partial charge in [-0.1, -0.05) is 23.2 Å². The van der Waals surface area contributed by atoms with Crippen LogP contribution in [0.3, 0.4) is 0 Å². The highest BCUT2D eigenvalue weighted by molar-refractivity contribution is 6.33. The lowest BCUT2D eigenvalue weighted by Gasteiger charge is -2.36. The Hall–Kier alpha value is -2.55. The van der Waals surface area contributed by atoms with E-state index in [9.17, 15) is 9.59 Å². The van der Waals surface area contributed by atoms with Gasteiger partial charge in [0.25, 0.3) is 11.8 Å². The summed E-state index contributed by atoms with van der Waals surface area (Å²) in [5.41, 5.74) is 2.31. The summed E-state index contributed by atoms with van der Waals surface area (Å²) in [4.78, 5) is 36.1. The number of halogens is 2. The van der Waals surface area contributed by atoms with Crippen LogP contribution in [0.1, 0.15) is 28.8 Å². The molecule has 1 aromatic heterocycles. The number of piperazine rings is 1. The summed E-state index contributed by atoms with van der Waals surface area (Å²) in [5.74, 6) is 0.709. The first-order valence-corrected chi connectivity index (χ1v) is 12.4. The SMILES string of the molecule is O=C(c1cnc2c(c1)N(Cc1cc(Cl)ccc1Cl)CCN2)N1CCN(C(=O)C2CCCO2)CC1. The molecule has 5 rings (SSSR count). The number of aromatic nitrogens is 1. The zero-order chi connectivity index (χ0) is 23.7. The van der Waals surface area contributed by atoms with Crippen LogP contribution in [-0.4, -0.2) is 78.6 Å². The Kier molecular flexibility index (Phi) is 6.81. The molecule has 0 bridgehead atoms. The lowest BCUT2D eigenvalue weighted by molar-refractivity contribution is -0.142. The van der Waals surface area contributed by atoms with Gasteiger partial charge in [0.2, 0.25) is 0 Å². The third kappa shape index (κ3) is 4.80. The predicted octanol–water partition coefficient (Wildman–Crippen LogP) is 3.28. The Morgan fingerprint density at radius 3 is 2.65 bits per heavy atom. The van der Waals surface area contributed by atoms with Crippen molar-refractivity contribution in [1.82, 2.24) is 14.8 Å². The summed E-state index contributed by atoms with van der Waals surface area (Å²) in [5, 5.41) is 4.59. The fraction of sp³-hybridized carbons (Fsp3) is 0.458. The molecule has 1 unspecified atom stereocenters. The first-order chi connectivity index (χ1) is 16.5. The van der Waals surface area contributed by atoms with E-state index in [1.165, 1.54) is 0 Å². The van der Waals surface area contributed by atoms with E-state index in [0.29, 0.717) is 54.9 Å². The summed E-state index contributed by atoms with van der Waals surface area (Å²) in [6.07, 6.45) is 3.01. The van der Waals surface area contributed by atoms with Crippen molar-refractivity contribution in [2.24, 2.45) is 0 Å². The van der Waals surface area contributed by atoms with Gasteiger partial charge in [0.1, 0.15) is 11.9 Å². The lowest BCUT2D eigenvalue weighted by Crippen LogP contribution is -2.52. The topological polar surface area (TPSA) is 78.0 Å². The number of amides is 2. The molecular formula is C24H27Cl2N5O3. The Labute approximate surface area is 208 Å². The zero-order valence-corrected chi connectivity index (χ0v) is 20.3. The molecule has 8 nitrogen and oxygen atoms in total. The van der Waals surface area contributed by atoms with Crippen molar-refractivity contribution >= 4 is 46.5 Å². The number of hydrogen-bond acceptors (Lipinski definition) is 6. The van der Waals surface area contributed by atoms with Crippen LogP contribution < -0.4 is 10.2 Å². The van der Waals surface area contributed by atoms with Crippen LogP contribution in [0.2, 0.25) is 10.0 Å². The number of carbonyl (C=O) groups is 2. The number of hydrogen-bond donors (Lipinski definition) is 1. The number of nitrogens with zero attached hydrogens (tertiary/aromatic N) is 4. The highest BCUT2D eigenvalue weighted by atomic mass is 35.5. The average molecular weight is 504 g/mol. The van der Waals surface area contributed by atoms with E-state index in [1.807, 2.05) is 17.0 Å². The summed E-state index contributed by atoms with van der Waals surface area (Å²) < 4.78 is 5.52. The molecule has 2 aromatic rings. The van der Waals surface area contributed by atoms with Crippen molar-refractivity contribution in [1.29, 1.82) is 0 Å². The molecule has 180 valence electrons. The van der Waals surface area contributed by atoms with Gasteiger partial charge >= 0.3 is 0 Å². The molecule has 3 aliphatic heterocycles. The van der Waals surface area contributed by atoms with Crippen molar-refractivity contribution in [2.45, 2.75) is 25.5 Å². The molecule has 10 heteroatoms. The van der Waals surface area contributed by atoms with Gasteiger partial charge in [-0.2, -0.15) is 0 Å². The van der Waals surface area contributed by atoms with Gasteiger partial charge < -0.3 is 24.8 Å². The second-order valence-electron chi connectivity index (χ2n) is 8.79. The van der Waals surface area contributed by atoms with Crippen LogP contribution >= 0.6 is 23.2 Å².